The Morgan fingerprint density at radius 3 is 2.56 bits per heavy atom. The second kappa shape index (κ2) is 9.04. The molecular formula is C23H22BrN3O5. The van der Waals surface area contributed by atoms with Crippen LogP contribution in [-0.2, 0) is 19.9 Å². The van der Waals surface area contributed by atoms with Crippen molar-refractivity contribution >= 4 is 45.2 Å². The number of hydrogen-bond acceptors (Lipinski definition) is 5. The number of ether oxygens (including phenoxy) is 2. The van der Waals surface area contributed by atoms with Crippen LogP contribution in [0.1, 0.15) is 18.4 Å². The third-order valence-corrected chi connectivity index (χ3v) is 6.14. The summed E-state index contributed by atoms with van der Waals surface area (Å²) in [7, 11) is 1.58. The van der Waals surface area contributed by atoms with Gasteiger partial charge in [-0.3, -0.25) is 14.9 Å². The molecule has 2 heterocycles. The number of halogens is 1. The highest BCUT2D eigenvalue weighted by Gasteiger charge is 2.45. The van der Waals surface area contributed by atoms with Crippen LogP contribution in [0.4, 0.5) is 16.2 Å². The van der Waals surface area contributed by atoms with Gasteiger partial charge >= 0.3 is 6.09 Å². The molecule has 0 aromatic heterocycles. The summed E-state index contributed by atoms with van der Waals surface area (Å²) in [5, 5.41) is 5.42. The number of rotatable bonds is 4. The van der Waals surface area contributed by atoms with Gasteiger partial charge in [-0.2, -0.15) is 0 Å². The molecule has 0 aliphatic carbocycles. The highest BCUT2D eigenvalue weighted by Crippen LogP contribution is 2.44. The molecule has 32 heavy (non-hydrogen) atoms. The van der Waals surface area contributed by atoms with Gasteiger partial charge in [-0.15, -0.1) is 0 Å². The number of fused-ring (bicyclic) bond motifs is 2. The van der Waals surface area contributed by atoms with E-state index in [1.54, 1.807) is 36.3 Å². The van der Waals surface area contributed by atoms with Gasteiger partial charge < -0.3 is 19.7 Å². The van der Waals surface area contributed by atoms with Gasteiger partial charge in [0.1, 0.15) is 11.4 Å². The number of nitrogens with one attached hydrogen (secondary N) is 2. The van der Waals surface area contributed by atoms with Gasteiger partial charge in [0.15, 0.2) is 0 Å². The number of piperidine rings is 1. The molecule has 2 aliphatic rings. The van der Waals surface area contributed by atoms with E-state index in [0.717, 1.165) is 10.0 Å². The smallest absolute Gasteiger partial charge is 0.412 e. The second-order valence-corrected chi connectivity index (χ2v) is 8.49. The molecule has 2 aromatic carbocycles. The average molecular weight is 500 g/mol. The summed E-state index contributed by atoms with van der Waals surface area (Å²) >= 11 is 3.34. The van der Waals surface area contributed by atoms with Gasteiger partial charge in [-0.1, -0.05) is 15.9 Å². The molecule has 0 saturated carbocycles. The molecule has 166 valence electrons. The van der Waals surface area contributed by atoms with Gasteiger partial charge in [-0.25, -0.2) is 4.79 Å². The van der Waals surface area contributed by atoms with E-state index < -0.39 is 11.7 Å². The third-order valence-electron chi connectivity index (χ3n) is 5.61. The van der Waals surface area contributed by atoms with E-state index in [1.165, 1.54) is 12.2 Å². The molecule has 0 unspecified atom stereocenters. The summed E-state index contributed by atoms with van der Waals surface area (Å²) in [6.07, 6.45) is 2.88. The maximum absolute atomic E-state index is 12.6. The number of carbonyl (C=O) groups excluding carboxylic acids is 3. The Bertz CT molecular complexity index is 1080. The average Bonchev–Trinajstić information content (AvgIpc) is 2.79. The number of nitrogens with zero attached hydrogens (tertiary/aromatic N) is 1. The minimum absolute atomic E-state index is 0.267. The topological polar surface area (TPSA) is 97.0 Å². The molecule has 9 heteroatoms. The summed E-state index contributed by atoms with van der Waals surface area (Å²) in [5.74, 6) is 0.0143. The highest BCUT2D eigenvalue weighted by atomic mass is 79.9. The van der Waals surface area contributed by atoms with E-state index in [1.807, 2.05) is 18.2 Å². The number of carbonyl (C=O) groups is 3. The largest absolute Gasteiger partial charge is 0.497 e. The number of anilines is 2. The van der Waals surface area contributed by atoms with E-state index in [-0.39, 0.29) is 11.8 Å². The van der Waals surface area contributed by atoms with Gasteiger partial charge in [0.05, 0.1) is 12.8 Å². The monoisotopic (exact) mass is 499 g/mol. The van der Waals surface area contributed by atoms with Crippen LogP contribution in [0.15, 0.2) is 59.1 Å². The van der Waals surface area contributed by atoms with Gasteiger partial charge in [0.2, 0.25) is 11.8 Å². The van der Waals surface area contributed by atoms with Crippen molar-refractivity contribution in [3.63, 3.8) is 0 Å². The fourth-order valence-corrected chi connectivity index (χ4v) is 4.20. The summed E-state index contributed by atoms with van der Waals surface area (Å²) in [5.41, 5.74) is 1.35. The maximum Gasteiger partial charge on any atom is 0.412 e. The first-order valence-corrected chi connectivity index (χ1v) is 10.9. The van der Waals surface area contributed by atoms with Crippen LogP contribution in [-0.4, -0.2) is 43.0 Å². The minimum atomic E-state index is -0.814. The van der Waals surface area contributed by atoms with Crippen molar-refractivity contribution in [1.82, 2.24) is 4.90 Å². The Kier molecular flexibility index (Phi) is 6.18. The SMILES string of the molecule is COc1ccc2c(c1)C1(CCN(C(=O)/C=C/C(=O)Nc3ccc(Br)cc3)CC1)OC(=O)N2. The molecule has 4 rings (SSSR count). The van der Waals surface area contributed by atoms with Crippen LogP contribution in [0.2, 0.25) is 0 Å². The van der Waals surface area contributed by atoms with Crippen LogP contribution in [0.5, 0.6) is 5.75 Å². The lowest BCUT2D eigenvalue weighted by Gasteiger charge is -2.44. The molecule has 3 amide bonds. The Balaban J connectivity index is 1.40. The fraction of sp³-hybridized carbons (Fsp3) is 0.261. The Morgan fingerprint density at radius 2 is 1.88 bits per heavy atom. The van der Waals surface area contributed by atoms with Gasteiger partial charge in [-0.05, 0) is 42.5 Å². The predicted molar refractivity (Wildman–Crippen MR) is 123 cm³/mol. The number of methoxy groups -OCH3 is 1. The maximum atomic E-state index is 12.6. The van der Waals surface area contributed by atoms with Gasteiger partial charge in [0.25, 0.3) is 0 Å². The normalized spacial score (nSPS) is 16.8. The summed E-state index contributed by atoms with van der Waals surface area (Å²) in [4.78, 5) is 38.5. The molecule has 2 N–H and O–H groups in total. The first-order chi connectivity index (χ1) is 15.4. The van der Waals surface area contributed by atoms with E-state index in [2.05, 4.69) is 26.6 Å². The predicted octanol–water partition coefficient (Wildman–Crippen LogP) is 4.03. The number of benzene rings is 2. The lowest BCUT2D eigenvalue weighted by molar-refractivity contribution is -0.130. The second-order valence-electron chi connectivity index (χ2n) is 7.58. The van der Waals surface area contributed by atoms with Crippen molar-refractivity contribution in [3.05, 3.63) is 64.7 Å². The Hall–Kier alpha value is -3.33. The highest BCUT2D eigenvalue weighted by molar-refractivity contribution is 9.10. The van der Waals surface area contributed by atoms with E-state index in [9.17, 15) is 14.4 Å². The van der Waals surface area contributed by atoms with Crippen molar-refractivity contribution in [2.24, 2.45) is 0 Å². The summed E-state index contributed by atoms with van der Waals surface area (Å²) < 4.78 is 11.9. The van der Waals surface area contributed by atoms with Crippen LogP contribution >= 0.6 is 15.9 Å². The quantitative estimate of drug-likeness (QED) is 0.618. The summed E-state index contributed by atoms with van der Waals surface area (Å²) in [6, 6.07) is 12.6. The van der Waals surface area contributed by atoms with Crippen molar-refractivity contribution in [1.29, 1.82) is 0 Å². The minimum Gasteiger partial charge on any atom is -0.497 e. The van der Waals surface area contributed by atoms with Crippen LogP contribution in [0.3, 0.4) is 0 Å². The summed E-state index contributed by atoms with van der Waals surface area (Å²) in [6.45, 7) is 0.781. The Labute approximate surface area is 193 Å². The molecule has 0 atom stereocenters. The first kappa shape index (κ1) is 21.9. The van der Waals surface area contributed by atoms with Crippen molar-refractivity contribution < 1.29 is 23.9 Å². The van der Waals surface area contributed by atoms with Crippen molar-refractivity contribution in [3.8, 4) is 5.75 Å². The van der Waals surface area contributed by atoms with Gasteiger partial charge in [0, 0.05) is 53.8 Å². The Morgan fingerprint density at radius 1 is 1.16 bits per heavy atom. The fourth-order valence-electron chi connectivity index (χ4n) is 3.93. The van der Waals surface area contributed by atoms with Crippen molar-refractivity contribution in [2.75, 3.05) is 30.8 Å². The number of amides is 3. The standard InChI is InChI=1S/C23H22BrN3O5/c1-31-17-6-7-19-18(14-17)23(32-22(30)26-19)10-12-27(13-11-23)21(29)9-8-20(28)25-16-4-2-15(24)3-5-16/h2-9,14H,10-13H2,1H3,(H,25,28)(H,26,30)/b9-8+. The molecule has 2 aromatic rings. The van der Waals surface area contributed by atoms with E-state index in [0.29, 0.717) is 43.1 Å². The molecule has 1 saturated heterocycles. The molecule has 2 aliphatic heterocycles. The zero-order chi connectivity index (χ0) is 22.7. The third kappa shape index (κ3) is 4.62. The van der Waals surface area contributed by atoms with Crippen LogP contribution < -0.4 is 15.4 Å². The lowest BCUT2D eigenvalue weighted by Crippen LogP contribution is -2.49. The lowest BCUT2D eigenvalue weighted by atomic mass is 9.82. The first-order valence-electron chi connectivity index (χ1n) is 10.1. The van der Waals surface area contributed by atoms with Crippen LogP contribution in [0, 0.1) is 0 Å². The van der Waals surface area contributed by atoms with Crippen molar-refractivity contribution in [2.45, 2.75) is 18.4 Å². The number of likely N-dealkylation sites (tertiary alicyclic amines) is 1. The zero-order valence-electron chi connectivity index (χ0n) is 17.4. The molecule has 1 spiro atoms. The molecule has 0 radical (unpaired) electrons. The zero-order valence-corrected chi connectivity index (χ0v) is 19.0. The molecular weight excluding hydrogens is 478 g/mol. The molecule has 1 fully saturated rings. The van der Waals surface area contributed by atoms with E-state index >= 15 is 0 Å². The van der Waals surface area contributed by atoms with Crippen LogP contribution in [0.25, 0.3) is 0 Å². The molecule has 0 bridgehead atoms. The number of hydrogen-bond donors (Lipinski definition) is 2. The van der Waals surface area contributed by atoms with E-state index in [4.69, 9.17) is 9.47 Å². The molecule has 8 nitrogen and oxygen atoms in total.